The second-order valence-electron chi connectivity index (χ2n) is 4.40. The minimum absolute atomic E-state index is 0.326. The number of nitrogens with one attached hydrogen (secondary N) is 1. The molecule has 0 aliphatic heterocycles. The van der Waals surface area contributed by atoms with Crippen molar-refractivity contribution in [2.45, 2.75) is 0 Å². The molecule has 5 heteroatoms. The maximum Gasteiger partial charge on any atom is 0.150 e. The lowest BCUT2D eigenvalue weighted by Gasteiger charge is -2.11. The van der Waals surface area contributed by atoms with E-state index in [1.807, 2.05) is 42.5 Å². The highest BCUT2D eigenvalue weighted by Gasteiger charge is 2.10. The maximum atomic E-state index is 9.02. The van der Waals surface area contributed by atoms with Gasteiger partial charge >= 0.3 is 0 Å². The van der Waals surface area contributed by atoms with Crippen molar-refractivity contribution < 1.29 is 0 Å². The number of nitrogens with zero attached hydrogens (tertiary/aromatic N) is 2. The first-order valence-corrected chi connectivity index (χ1v) is 7.36. The van der Waals surface area contributed by atoms with Gasteiger partial charge in [-0.15, -0.1) is 0 Å². The van der Waals surface area contributed by atoms with Crippen LogP contribution in [0.1, 0.15) is 5.56 Å². The highest BCUT2D eigenvalue weighted by atomic mass is 79.9. The first-order valence-electron chi connectivity index (χ1n) is 6.19. The minimum atomic E-state index is 0.326. The van der Waals surface area contributed by atoms with Crippen molar-refractivity contribution in [1.82, 2.24) is 4.98 Å². The molecule has 0 bridgehead atoms. The van der Waals surface area contributed by atoms with E-state index in [9.17, 15) is 0 Å². The van der Waals surface area contributed by atoms with Crippen LogP contribution in [0.25, 0.3) is 10.8 Å². The van der Waals surface area contributed by atoms with Crippen LogP contribution < -0.4 is 5.32 Å². The second kappa shape index (κ2) is 5.72. The summed E-state index contributed by atoms with van der Waals surface area (Å²) in [5.41, 5.74) is 1.29. The molecule has 0 saturated carbocycles. The summed E-state index contributed by atoms with van der Waals surface area (Å²) in [6.45, 7) is 0. The number of benzene rings is 2. The fraction of sp³-hybridized carbons (Fsp3) is 0. The minimum Gasteiger partial charge on any atom is -0.338 e. The monoisotopic (exact) mass is 357 g/mol. The van der Waals surface area contributed by atoms with Gasteiger partial charge in [0.1, 0.15) is 11.1 Å². The van der Waals surface area contributed by atoms with E-state index in [1.165, 1.54) is 0 Å². The molecule has 3 aromatic rings. The number of fused-ring (bicyclic) bond motifs is 1. The van der Waals surface area contributed by atoms with Gasteiger partial charge in [0.05, 0.1) is 5.56 Å². The lowest BCUT2D eigenvalue weighted by atomic mass is 10.1. The van der Waals surface area contributed by atoms with Crippen LogP contribution in [0.4, 0.5) is 11.5 Å². The number of anilines is 2. The van der Waals surface area contributed by atoms with Crippen LogP contribution in [0.2, 0.25) is 5.02 Å². The molecule has 1 N–H and O–H groups in total. The Morgan fingerprint density at radius 3 is 2.62 bits per heavy atom. The summed E-state index contributed by atoms with van der Waals surface area (Å²) < 4.78 is 1.02. The Hall–Kier alpha value is -2.09. The molecule has 102 valence electrons. The Kier molecular flexibility index (Phi) is 3.78. The molecule has 1 aromatic heterocycles. The molecule has 21 heavy (non-hydrogen) atoms. The Morgan fingerprint density at radius 1 is 1.10 bits per heavy atom. The lowest BCUT2D eigenvalue weighted by Crippen LogP contribution is -1.96. The van der Waals surface area contributed by atoms with Crippen molar-refractivity contribution in [1.29, 1.82) is 5.26 Å². The third-order valence-electron chi connectivity index (χ3n) is 3.13. The van der Waals surface area contributed by atoms with Gasteiger partial charge in [0, 0.05) is 21.7 Å². The normalized spacial score (nSPS) is 10.3. The van der Waals surface area contributed by atoms with Gasteiger partial charge in [-0.3, -0.25) is 0 Å². The van der Waals surface area contributed by atoms with Gasteiger partial charge in [-0.25, -0.2) is 4.98 Å². The van der Waals surface area contributed by atoms with E-state index in [0.717, 1.165) is 20.9 Å². The van der Waals surface area contributed by atoms with Crippen LogP contribution in [0.15, 0.2) is 53.1 Å². The van der Waals surface area contributed by atoms with E-state index in [2.05, 4.69) is 26.2 Å². The molecule has 2 aromatic carbocycles. The van der Waals surface area contributed by atoms with Crippen LogP contribution in [0.3, 0.4) is 0 Å². The number of hydrogen-bond donors (Lipinski definition) is 1. The number of halogens is 2. The zero-order valence-corrected chi connectivity index (χ0v) is 13.1. The largest absolute Gasteiger partial charge is 0.338 e. The van der Waals surface area contributed by atoms with E-state index in [1.54, 1.807) is 12.3 Å². The molecule has 1 heterocycles. The lowest BCUT2D eigenvalue weighted by molar-refractivity contribution is 1.30. The summed E-state index contributed by atoms with van der Waals surface area (Å²) in [7, 11) is 0. The van der Waals surface area contributed by atoms with Crippen LogP contribution in [0.5, 0.6) is 0 Å². The third-order valence-corrected chi connectivity index (χ3v) is 4.21. The summed E-state index contributed by atoms with van der Waals surface area (Å²) in [5, 5.41) is 14.7. The van der Waals surface area contributed by atoms with Crippen molar-refractivity contribution in [3.8, 4) is 6.07 Å². The molecule has 0 unspecified atom stereocenters. The molecule has 0 fully saturated rings. The van der Waals surface area contributed by atoms with E-state index in [0.29, 0.717) is 16.4 Å². The van der Waals surface area contributed by atoms with Gasteiger partial charge in [-0.05, 0) is 23.6 Å². The van der Waals surface area contributed by atoms with Gasteiger partial charge in [-0.1, -0.05) is 51.8 Å². The van der Waals surface area contributed by atoms with Gasteiger partial charge in [0.25, 0.3) is 0 Å². The average molecular weight is 359 g/mol. The van der Waals surface area contributed by atoms with Crippen molar-refractivity contribution in [2.75, 3.05) is 5.32 Å². The average Bonchev–Trinajstić information content (AvgIpc) is 2.52. The van der Waals surface area contributed by atoms with Gasteiger partial charge in [0.15, 0.2) is 5.82 Å². The maximum absolute atomic E-state index is 9.02. The quantitative estimate of drug-likeness (QED) is 0.679. The van der Waals surface area contributed by atoms with Crippen LogP contribution in [-0.4, -0.2) is 4.98 Å². The van der Waals surface area contributed by atoms with Gasteiger partial charge < -0.3 is 5.32 Å². The predicted molar refractivity (Wildman–Crippen MR) is 88.9 cm³/mol. The summed E-state index contributed by atoms with van der Waals surface area (Å²) in [6, 6.07) is 15.6. The smallest absolute Gasteiger partial charge is 0.150 e. The predicted octanol–water partition coefficient (Wildman–Crippen LogP) is 5.27. The van der Waals surface area contributed by atoms with Crippen LogP contribution >= 0.6 is 27.5 Å². The summed E-state index contributed by atoms with van der Waals surface area (Å²) in [4.78, 5) is 4.21. The Morgan fingerprint density at radius 2 is 1.86 bits per heavy atom. The first-order chi connectivity index (χ1) is 10.2. The molecule has 0 saturated heterocycles. The highest BCUT2D eigenvalue weighted by molar-refractivity contribution is 9.10. The molecular formula is C16H9BrClN3. The molecule has 3 nitrogen and oxygen atoms in total. The number of nitriles is 1. The molecule has 0 spiro atoms. The number of rotatable bonds is 2. The van der Waals surface area contributed by atoms with E-state index >= 15 is 0 Å². The number of aromatic nitrogens is 1. The van der Waals surface area contributed by atoms with Gasteiger partial charge in [0.2, 0.25) is 0 Å². The molecular weight excluding hydrogens is 350 g/mol. The highest BCUT2D eigenvalue weighted by Crippen LogP contribution is 2.33. The summed E-state index contributed by atoms with van der Waals surface area (Å²) in [6.07, 6.45) is 1.56. The Balaban J connectivity index is 2.12. The van der Waals surface area contributed by atoms with E-state index in [-0.39, 0.29) is 0 Å². The number of pyridine rings is 1. The fourth-order valence-corrected chi connectivity index (χ4v) is 2.80. The van der Waals surface area contributed by atoms with Crippen LogP contribution in [0, 0.1) is 11.3 Å². The fourth-order valence-electron chi connectivity index (χ4n) is 2.12. The molecule has 0 aliphatic rings. The van der Waals surface area contributed by atoms with E-state index in [4.69, 9.17) is 16.9 Å². The summed E-state index contributed by atoms with van der Waals surface area (Å²) >= 11 is 9.73. The topological polar surface area (TPSA) is 48.7 Å². The Labute approximate surface area is 135 Å². The molecule has 3 rings (SSSR count). The molecule has 0 aliphatic carbocycles. The SMILES string of the molecule is N#Cc1ccnc(Nc2ccc(Br)c3ccccc23)c1Cl. The van der Waals surface area contributed by atoms with Crippen molar-refractivity contribution in [3.63, 3.8) is 0 Å². The molecule has 0 atom stereocenters. The van der Waals surface area contributed by atoms with Crippen molar-refractivity contribution in [2.24, 2.45) is 0 Å². The summed E-state index contributed by atoms with van der Waals surface area (Å²) in [5.74, 6) is 0.475. The van der Waals surface area contributed by atoms with E-state index < -0.39 is 0 Å². The first kappa shape index (κ1) is 13.9. The van der Waals surface area contributed by atoms with Crippen molar-refractivity contribution in [3.05, 3.63) is 63.7 Å². The zero-order valence-electron chi connectivity index (χ0n) is 10.8. The zero-order chi connectivity index (χ0) is 14.8. The Bertz CT molecular complexity index is 871. The molecule has 0 radical (unpaired) electrons. The third kappa shape index (κ3) is 2.58. The van der Waals surface area contributed by atoms with Crippen molar-refractivity contribution >= 4 is 49.8 Å². The number of hydrogen-bond acceptors (Lipinski definition) is 3. The molecule has 0 amide bonds. The standard InChI is InChI=1S/C16H9BrClN3/c17-13-5-6-14(12-4-2-1-3-11(12)13)21-16-15(18)10(9-19)7-8-20-16/h1-8H,(H,20,21). The van der Waals surface area contributed by atoms with Gasteiger partial charge in [-0.2, -0.15) is 5.26 Å². The second-order valence-corrected chi connectivity index (χ2v) is 5.63. The van der Waals surface area contributed by atoms with Crippen LogP contribution in [-0.2, 0) is 0 Å².